The lowest BCUT2D eigenvalue weighted by Crippen LogP contribution is -2.28. The molecule has 0 amide bonds. The van der Waals surface area contributed by atoms with Crippen molar-refractivity contribution in [2.24, 2.45) is 11.3 Å². The van der Waals surface area contributed by atoms with E-state index in [0.29, 0.717) is 24.4 Å². The largest absolute Gasteiger partial charge is 0.466 e. The van der Waals surface area contributed by atoms with Gasteiger partial charge in [0.15, 0.2) is 0 Å². The first kappa shape index (κ1) is 13.3. The van der Waals surface area contributed by atoms with Crippen molar-refractivity contribution in [3.8, 4) is 0 Å². The minimum Gasteiger partial charge on any atom is -0.466 e. The lowest BCUT2D eigenvalue weighted by Gasteiger charge is -2.38. The quantitative estimate of drug-likeness (QED) is 0.537. The number of allylic oxidation sites excluding steroid dienone is 2. The summed E-state index contributed by atoms with van der Waals surface area (Å²) >= 11 is 0. The van der Waals surface area contributed by atoms with Gasteiger partial charge in [-0.15, -0.1) is 0 Å². The molecule has 0 aliphatic heterocycles. The van der Waals surface area contributed by atoms with Gasteiger partial charge in [0.05, 0.1) is 6.61 Å². The summed E-state index contributed by atoms with van der Waals surface area (Å²) in [5, 5.41) is 0. The van der Waals surface area contributed by atoms with Gasteiger partial charge in [0, 0.05) is 6.42 Å². The zero-order valence-corrected chi connectivity index (χ0v) is 11.0. The molecule has 0 saturated carbocycles. The first-order valence-electron chi connectivity index (χ1n) is 6.29. The third-order valence-electron chi connectivity index (χ3n) is 3.69. The van der Waals surface area contributed by atoms with Gasteiger partial charge in [-0.3, -0.25) is 4.79 Å². The molecule has 1 aliphatic rings. The van der Waals surface area contributed by atoms with Crippen LogP contribution < -0.4 is 0 Å². The summed E-state index contributed by atoms with van der Waals surface area (Å²) in [5.74, 6) is 0.474. The maximum Gasteiger partial charge on any atom is 0.305 e. The Bertz CT molecular complexity index is 276. The van der Waals surface area contributed by atoms with E-state index in [4.69, 9.17) is 4.74 Å². The molecule has 2 nitrogen and oxygen atoms in total. The van der Waals surface area contributed by atoms with Crippen molar-refractivity contribution in [2.45, 2.75) is 53.4 Å². The second kappa shape index (κ2) is 5.51. The van der Waals surface area contributed by atoms with E-state index in [2.05, 4.69) is 26.8 Å². The van der Waals surface area contributed by atoms with E-state index in [1.165, 1.54) is 18.4 Å². The van der Waals surface area contributed by atoms with Crippen LogP contribution >= 0.6 is 0 Å². The predicted molar refractivity (Wildman–Crippen MR) is 66.1 cm³/mol. The normalized spacial score (nSPS) is 23.8. The summed E-state index contributed by atoms with van der Waals surface area (Å²) in [5.41, 5.74) is 1.77. The van der Waals surface area contributed by atoms with Crippen LogP contribution in [0.15, 0.2) is 11.6 Å². The summed E-state index contributed by atoms with van der Waals surface area (Å²) in [6, 6.07) is 0. The Morgan fingerprint density at radius 3 is 2.81 bits per heavy atom. The van der Waals surface area contributed by atoms with Crippen molar-refractivity contribution < 1.29 is 9.53 Å². The molecule has 16 heavy (non-hydrogen) atoms. The van der Waals surface area contributed by atoms with E-state index in [1.54, 1.807) is 0 Å². The van der Waals surface area contributed by atoms with Crippen LogP contribution in [0.4, 0.5) is 0 Å². The number of esters is 1. The Morgan fingerprint density at radius 1 is 1.56 bits per heavy atom. The van der Waals surface area contributed by atoms with Gasteiger partial charge in [-0.2, -0.15) is 0 Å². The van der Waals surface area contributed by atoms with E-state index in [-0.39, 0.29) is 5.97 Å². The highest BCUT2D eigenvalue weighted by atomic mass is 16.5. The number of ether oxygens (including phenoxy) is 1. The van der Waals surface area contributed by atoms with Crippen molar-refractivity contribution in [3.63, 3.8) is 0 Å². The maximum absolute atomic E-state index is 11.4. The summed E-state index contributed by atoms with van der Waals surface area (Å²) in [6.07, 6.45) is 6.19. The Balaban J connectivity index is 2.53. The molecule has 1 rings (SSSR count). The molecule has 0 radical (unpaired) electrons. The fourth-order valence-electron chi connectivity index (χ4n) is 2.72. The van der Waals surface area contributed by atoms with Gasteiger partial charge < -0.3 is 4.74 Å². The Morgan fingerprint density at radius 2 is 2.25 bits per heavy atom. The Hall–Kier alpha value is -0.790. The van der Waals surface area contributed by atoms with E-state index in [0.717, 1.165) is 6.42 Å². The van der Waals surface area contributed by atoms with Crippen LogP contribution in [0.25, 0.3) is 0 Å². The average Bonchev–Trinajstić information content (AvgIpc) is 2.16. The minimum absolute atomic E-state index is 0.0586. The summed E-state index contributed by atoms with van der Waals surface area (Å²) in [4.78, 5) is 11.4. The molecule has 0 N–H and O–H groups in total. The number of rotatable bonds is 4. The molecule has 0 spiro atoms. The van der Waals surface area contributed by atoms with Crippen molar-refractivity contribution in [1.29, 1.82) is 0 Å². The highest BCUT2D eigenvalue weighted by Gasteiger charge is 2.32. The lowest BCUT2D eigenvalue weighted by atomic mass is 9.67. The first-order chi connectivity index (χ1) is 7.47. The van der Waals surface area contributed by atoms with Gasteiger partial charge in [0.25, 0.3) is 0 Å². The van der Waals surface area contributed by atoms with E-state index in [1.807, 2.05) is 6.92 Å². The van der Waals surface area contributed by atoms with Gasteiger partial charge in [-0.25, -0.2) is 0 Å². The van der Waals surface area contributed by atoms with Crippen LogP contribution in [0.2, 0.25) is 0 Å². The standard InChI is InChI=1S/C14H24O2/c1-5-16-13(15)9-8-12-11(2)7-6-10-14(12,3)4/h7,12H,5-6,8-10H2,1-4H3. The van der Waals surface area contributed by atoms with Gasteiger partial charge in [0.2, 0.25) is 0 Å². The molecule has 0 aromatic rings. The summed E-state index contributed by atoms with van der Waals surface area (Å²) < 4.78 is 4.98. The molecule has 1 aliphatic carbocycles. The SMILES string of the molecule is CCOC(=O)CCC1C(C)=CCCC1(C)C. The zero-order chi connectivity index (χ0) is 12.2. The molecule has 0 fully saturated rings. The van der Waals surface area contributed by atoms with Crippen LogP contribution in [0.3, 0.4) is 0 Å². The third kappa shape index (κ3) is 3.36. The molecular formula is C14H24O2. The van der Waals surface area contributed by atoms with Crippen LogP contribution in [0, 0.1) is 11.3 Å². The number of carbonyl (C=O) groups is 1. The van der Waals surface area contributed by atoms with Crippen LogP contribution in [-0.2, 0) is 9.53 Å². The number of carbonyl (C=O) groups excluding carboxylic acids is 1. The van der Waals surface area contributed by atoms with E-state index < -0.39 is 0 Å². The highest BCUT2D eigenvalue weighted by Crippen LogP contribution is 2.43. The van der Waals surface area contributed by atoms with Crippen molar-refractivity contribution in [3.05, 3.63) is 11.6 Å². The summed E-state index contributed by atoms with van der Waals surface area (Å²) in [7, 11) is 0. The predicted octanol–water partition coefficient (Wildman–Crippen LogP) is 3.71. The highest BCUT2D eigenvalue weighted by molar-refractivity contribution is 5.69. The smallest absolute Gasteiger partial charge is 0.305 e. The van der Waals surface area contributed by atoms with Crippen molar-refractivity contribution >= 4 is 5.97 Å². The average molecular weight is 224 g/mol. The molecule has 2 heteroatoms. The number of hydrogen-bond donors (Lipinski definition) is 0. The monoisotopic (exact) mass is 224 g/mol. The molecular weight excluding hydrogens is 200 g/mol. The molecule has 0 bridgehead atoms. The van der Waals surface area contributed by atoms with E-state index in [9.17, 15) is 4.79 Å². The third-order valence-corrected chi connectivity index (χ3v) is 3.69. The Kier molecular flexibility index (Phi) is 4.57. The fraction of sp³-hybridized carbons (Fsp3) is 0.786. The zero-order valence-electron chi connectivity index (χ0n) is 11.0. The van der Waals surface area contributed by atoms with E-state index >= 15 is 0 Å². The van der Waals surface area contributed by atoms with Crippen LogP contribution in [0.5, 0.6) is 0 Å². The van der Waals surface area contributed by atoms with Gasteiger partial charge in [0.1, 0.15) is 0 Å². The van der Waals surface area contributed by atoms with Crippen molar-refractivity contribution in [1.82, 2.24) is 0 Å². The van der Waals surface area contributed by atoms with Gasteiger partial charge >= 0.3 is 5.97 Å². The molecule has 0 aromatic carbocycles. The van der Waals surface area contributed by atoms with Gasteiger partial charge in [-0.05, 0) is 44.4 Å². The number of hydrogen-bond acceptors (Lipinski definition) is 2. The molecule has 1 unspecified atom stereocenters. The summed E-state index contributed by atoms with van der Waals surface area (Å²) in [6.45, 7) is 9.14. The second-order valence-corrected chi connectivity index (χ2v) is 5.37. The Labute approximate surface area is 99.1 Å². The van der Waals surface area contributed by atoms with Crippen LogP contribution in [0.1, 0.15) is 53.4 Å². The molecule has 0 saturated heterocycles. The topological polar surface area (TPSA) is 26.3 Å². The molecule has 0 heterocycles. The van der Waals surface area contributed by atoms with Gasteiger partial charge in [-0.1, -0.05) is 25.5 Å². The minimum atomic E-state index is -0.0586. The lowest BCUT2D eigenvalue weighted by molar-refractivity contribution is -0.143. The van der Waals surface area contributed by atoms with Crippen LogP contribution in [-0.4, -0.2) is 12.6 Å². The molecule has 0 aromatic heterocycles. The fourth-order valence-corrected chi connectivity index (χ4v) is 2.72. The van der Waals surface area contributed by atoms with Crippen molar-refractivity contribution in [2.75, 3.05) is 6.61 Å². The molecule has 1 atom stereocenters. The first-order valence-corrected chi connectivity index (χ1v) is 6.29. The molecule has 92 valence electrons. The maximum atomic E-state index is 11.4. The second-order valence-electron chi connectivity index (χ2n) is 5.37.